The summed E-state index contributed by atoms with van der Waals surface area (Å²) in [4.78, 5) is 15.4. The van der Waals surface area contributed by atoms with Crippen molar-refractivity contribution in [2.75, 3.05) is 0 Å². The van der Waals surface area contributed by atoms with Crippen LogP contribution < -0.4 is 5.46 Å². The molecule has 0 bridgehead atoms. The van der Waals surface area contributed by atoms with E-state index in [2.05, 4.69) is 130 Å². The molecule has 0 saturated carbocycles. The zero-order valence-electron chi connectivity index (χ0n) is 25.3. The predicted molar refractivity (Wildman–Crippen MR) is 176 cm³/mol. The van der Waals surface area contributed by atoms with Gasteiger partial charge in [-0.3, -0.25) is 0 Å². The lowest BCUT2D eigenvalue weighted by Crippen LogP contribution is -2.41. The van der Waals surface area contributed by atoms with Crippen molar-refractivity contribution in [3.8, 4) is 22.4 Å². The van der Waals surface area contributed by atoms with Gasteiger partial charge in [0.25, 0.3) is 0 Å². The van der Waals surface area contributed by atoms with Crippen LogP contribution in [0.1, 0.15) is 50.1 Å². The Morgan fingerprint density at radius 2 is 1.27 bits per heavy atom. The zero-order valence-corrected chi connectivity index (χ0v) is 25.3. The van der Waals surface area contributed by atoms with Crippen molar-refractivity contribution in [2.24, 2.45) is 0 Å². The second-order valence-corrected chi connectivity index (χ2v) is 12.7. The van der Waals surface area contributed by atoms with Crippen LogP contribution in [0.4, 0.5) is 0 Å². The monoisotopic (exact) mass is 573 g/mol. The van der Waals surface area contributed by atoms with E-state index in [1.807, 2.05) is 18.2 Å². The van der Waals surface area contributed by atoms with E-state index in [1.165, 1.54) is 5.56 Å². The second kappa shape index (κ2) is 9.68. The molecule has 0 N–H and O–H groups in total. The number of hydrogen-bond donors (Lipinski definition) is 0. The minimum Gasteiger partial charge on any atom is -0.399 e. The molecule has 1 atom stereocenters. The van der Waals surface area contributed by atoms with Crippen molar-refractivity contribution < 1.29 is 9.31 Å². The molecular formula is C38H32BN3O2. The van der Waals surface area contributed by atoms with Crippen LogP contribution in [-0.2, 0) is 14.7 Å². The van der Waals surface area contributed by atoms with Gasteiger partial charge in [0.1, 0.15) is 5.52 Å². The van der Waals surface area contributed by atoms with Crippen LogP contribution in [0.2, 0.25) is 0 Å². The topological polar surface area (TPSA) is 57.1 Å². The normalized spacial score (nSPS) is 19.6. The lowest BCUT2D eigenvalue weighted by Gasteiger charge is -2.34. The third kappa shape index (κ3) is 3.84. The van der Waals surface area contributed by atoms with Crippen molar-refractivity contribution >= 4 is 23.7 Å². The number of hydrogen-bond acceptors (Lipinski definition) is 5. The van der Waals surface area contributed by atoms with E-state index in [0.717, 1.165) is 50.2 Å². The molecule has 44 heavy (non-hydrogen) atoms. The quantitative estimate of drug-likeness (QED) is 0.206. The van der Waals surface area contributed by atoms with Crippen LogP contribution in [0.5, 0.6) is 0 Å². The molecule has 6 aromatic rings. The van der Waals surface area contributed by atoms with E-state index in [1.54, 1.807) is 6.20 Å². The Bertz CT molecular complexity index is 2030. The van der Waals surface area contributed by atoms with Gasteiger partial charge in [-0.1, -0.05) is 103 Å². The van der Waals surface area contributed by atoms with Gasteiger partial charge in [0.15, 0.2) is 5.65 Å². The maximum Gasteiger partial charge on any atom is 0.494 e. The van der Waals surface area contributed by atoms with Crippen molar-refractivity contribution in [2.45, 2.75) is 44.3 Å². The third-order valence-corrected chi connectivity index (χ3v) is 9.64. The predicted octanol–water partition coefficient (Wildman–Crippen LogP) is 7.35. The number of aromatic nitrogens is 3. The van der Waals surface area contributed by atoms with Gasteiger partial charge in [0.05, 0.1) is 28.0 Å². The fourth-order valence-electron chi connectivity index (χ4n) is 6.77. The fraction of sp³-hybridized carbons (Fsp3) is 0.184. The summed E-state index contributed by atoms with van der Waals surface area (Å²) in [5.41, 5.74) is 9.08. The second-order valence-electron chi connectivity index (χ2n) is 12.7. The summed E-state index contributed by atoms with van der Waals surface area (Å²) < 4.78 is 13.1. The molecule has 8 rings (SSSR count). The molecule has 3 heterocycles. The summed E-state index contributed by atoms with van der Waals surface area (Å²) in [5, 5.41) is 0. The van der Waals surface area contributed by atoms with Crippen LogP contribution in [0, 0.1) is 0 Å². The van der Waals surface area contributed by atoms with Crippen LogP contribution in [0.3, 0.4) is 0 Å². The van der Waals surface area contributed by atoms with Gasteiger partial charge >= 0.3 is 7.12 Å². The Morgan fingerprint density at radius 1 is 0.614 bits per heavy atom. The highest BCUT2D eigenvalue weighted by Gasteiger charge is 2.53. The summed E-state index contributed by atoms with van der Waals surface area (Å²) in [7, 11) is -0.500. The lowest BCUT2D eigenvalue weighted by molar-refractivity contribution is 0.00578. The molecular weight excluding hydrogens is 541 g/mol. The average molecular weight is 574 g/mol. The van der Waals surface area contributed by atoms with E-state index in [9.17, 15) is 0 Å². The molecule has 2 aliphatic rings. The van der Waals surface area contributed by atoms with Gasteiger partial charge in [0, 0.05) is 11.8 Å². The highest BCUT2D eigenvalue weighted by atomic mass is 16.7. The highest BCUT2D eigenvalue weighted by Crippen LogP contribution is 2.57. The van der Waals surface area contributed by atoms with Crippen LogP contribution in [0.25, 0.3) is 33.5 Å². The molecule has 5 nitrogen and oxygen atoms in total. The minimum absolute atomic E-state index is 0.452. The lowest BCUT2D eigenvalue weighted by atomic mass is 9.67. The molecule has 0 radical (unpaired) electrons. The number of fused-ring (bicyclic) bond motifs is 4. The maximum absolute atomic E-state index is 6.56. The Hall–Kier alpha value is -4.65. The van der Waals surface area contributed by atoms with E-state index in [-0.39, 0.29) is 0 Å². The van der Waals surface area contributed by atoms with Gasteiger partial charge in [-0.2, -0.15) is 0 Å². The smallest absolute Gasteiger partial charge is 0.399 e. The summed E-state index contributed by atoms with van der Waals surface area (Å²) in [6, 6.07) is 40.2. The molecule has 1 saturated heterocycles. The third-order valence-electron chi connectivity index (χ3n) is 9.64. The molecule has 214 valence electrons. The number of rotatable bonds is 4. The Labute approximate surface area is 258 Å². The SMILES string of the molecule is CC1(C)OB(c2ccc3c(c2)C(c2ccccc2)(c2nc4ncccc4nc2-c2ccccc2)c2ccccc2-3)OC1(C)C. The van der Waals surface area contributed by atoms with E-state index < -0.39 is 23.7 Å². The standard InChI is InChI=1S/C38H32BN3O2/c1-36(2)37(3,4)44-39(43-36)27-21-22-29-28-18-11-12-19-30(28)38(31(29)24-27,26-16-9-6-10-17-26)34-33(25-14-7-5-8-15-25)41-32-20-13-23-40-35(32)42-34/h5-24H,1-4H3. The van der Waals surface area contributed by atoms with Crippen LogP contribution in [-0.4, -0.2) is 33.3 Å². The van der Waals surface area contributed by atoms with Gasteiger partial charge in [-0.05, 0) is 73.1 Å². The number of benzene rings is 4. The molecule has 6 heteroatoms. The van der Waals surface area contributed by atoms with Crippen molar-refractivity contribution in [3.63, 3.8) is 0 Å². The Morgan fingerprint density at radius 3 is 2.02 bits per heavy atom. The van der Waals surface area contributed by atoms with Gasteiger partial charge in [0.2, 0.25) is 0 Å². The van der Waals surface area contributed by atoms with E-state index in [4.69, 9.17) is 19.3 Å². The molecule has 1 aliphatic heterocycles. The number of nitrogens with zero attached hydrogens (tertiary/aromatic N) is 3. The van der Waals surface area contributed by atoms with Gasteiger partial charge in [-0.15, -0.1) is 0 Å². The fourth-order valence-corrected chi connectivity index (χ4v) is 6.77. The van der Waals surface area contributed by atoms with Crippen LogP contribution >= 0.6 is 0 Å². The van der Waals surface area contributed by atoms with E-state index >= 15 is 0 Å². The Balaban J connectivity index is 1.49. The molecule has 1 unspecified atom stereocenters. The van der Waals surface area contributed by atoms with E-state index in [0.29, 0.717) is 5.65 Å². The van der Waals surface area contributed by atoms with Crippen molar-refractivity contribution in [3.05, 3.63) is 144 Å². The Kier molecular flexibility index (Phi) is 5.93. The van der Waals surface area contributed by atoms with Gasteiger partial charge < -0.3 is 9.31 Å². The summed E-state index contributed by atoms with van der Waals surface area (Å²) in [6.45, 7) is 8.37. The molecule has 0 amide bonds. The first-order chi connectivity index (χ1) is 21.3. The average Bonchev–Trinajstić information content (AvgIpc) is 3.47. The molecule has 1 aliphatic carbocycles. The first kappa shape index (κ1) is 26.9. The largest absolute Gasteiger partial charge is 0.494 e. The zero-order chi connectivity index (χ0) is 30.1. The summed E-state index contributed by atoms with van der Waals surface area (Å²) >= 11 is 0. The molecule has 2 aromatic heterocycles. The molecule has 1 fully saturated rings. The first-order valence-electron chi connectivity index (χ1n) is 15.1. The summed E-state index contributed by atoms with van der Waals surface area (Å²) in [5.74, 6) is 0. The molecule has 0 spiro atoms. The van der Waals surface area contributed by atoms with Crippen LogP contribution in [0.15, 0.2) is 121 Å². The number of pyridine rings is 1. The molecule has 4 aromatic carbocycles. The van der Waals surface area contributed by atoms with Crippen molar-refractivity contribution in [1.29, 1.82) is 0 Å². The van der Waals surface area contributed by atoms with Crippen molar-refractivity contribution in [1.82, 2.24) is 15.0 Å². The maximum atomic E-state index is 6.56. The van der Waals surface area contributed by atoms with Gasteiger partial charge in [-0.25, -0.2) is 15.0 Å². The summed E-state index contributed by atoms with van der Waals surface area (Å²) in [6.07, 6.45) is 1.78. The highest BCUT2D eigenvalue weighted by molar-refractivity contribution is 6.62. The minimum atomic E-state index is -0.781. The first-order valence-corrected chi connectivity index (χ1v) is 15.1.